The Kier molecular flexibility index (Phi) is 4.65. The molecule has 9 heteroatoms. The quantitative estimate of drug-likeness (QED) is 0.383. The summed E-state index contributed by atoms with van der Waals surface area (Å²) in [5.41, 5.74) is 2.54. The van der Waals surface area contributed by atoms with E-state index in [1.807, 2.05) is 78.9 Å². The molecule has 0 saturated heterocycles. The van der Waals surface area contributed by atoms with E-state index >= 15 is 0 Å². The smallest absolute Gasteiger partial charge is 0.291 e. The molecule has 0 aliphatic carbocycles. The third-order valence-electron chi connectivity index (χ3n) is 6.30. The van der Waals surface area contributed by atoms with Crippen molar-refractivity contribution in [3.05, 3.63) is 111 Å². The molecule has 176 valence electrons. The number of hydrogen-bond donors (Lipinski definition) is 0. The summed E-state index contributed by atoms with van der Waals surface area (Å²) in [5.74, 6) is 1.43. The van der Waals surface area contributed by atoms with Gasteiger partial charge in [-0.25, -0.2) is 0 Å². The second-order valence-electron chi connectivity index (χ2n) is 8.53. The molecule has 1 atom stereocenters. The largest absolute Gasteiger partial charge is 0.485 e. The fourth-order valence-corrected chi connectivity index (χ4v) is 5.61. The van der Waals surface area contributed by atoms with Crippen molar-refractivity contribution in [2.45, 2.75) is 12.6 Å². The lowest BCUT2D eigenvalue weighted by Gasteiger charge is -2.24. The normalized spacial score (nSPS) is 18.1. The minimum absolute atomic E-state index is 0.206. The number of fused-ring (bicyclic) bond motifs is 3. The summed E-state index contributed by atoms with van der Waals surface area (Å²) in [6.45, 7) is 0.660. The summed E-state index contributed by atoms with van der Waals surface area (Å²) in [7, 11) is 0. The average Bonchev–Trinajstić information content (AvgIpc) is 3.55. The van der Waals surface area contributed by atoms with Crippen molar-refractivity contribution in [3.63, 3.8) is 0 Å². The highest BCUT2D eigenvalue weighted by Crippen LogP contribution is 2.37. The van der Waals surface area contributed by atoms with E-state index in [2.05, 4.69) is 10.1 Å². The molecule has 2 aliphatic heterocycles. The van der Waals surface area contributed by atoms with Gasteiger partial charge in [0.05, 0.1) is 17.8 Å². The van der Waals surface area contributed by atoms with E-state index < -0.39 is 6.10 Å². The summed E-state index contributed by atoms with van der Waals surface area (Å²) >= 11 is 1.16. The van der Waals surface area contributed by atoms with Crippen molar-refractivity contribution in [2.75, 3.05) is 11.5 Å². The van der Waals surface area contributed by atoms with Crippen LogP contribution in [0.15, 0.2) is 83.7 Å². The first-order valence-electron chi connectivity index (χ1n) is 11.4. The Labute approximate surface area is 208 Å². The molecule has 4 heterocycles. The Balaban J connectivity index is 1.30. The third-order valence-corrected chi connectivity index (χ3v) is 7.33. The molecule has 0 N–H and O–H groups in total. The van der Waals surface area contributed by atoms with Gasteiger partial charge in [0.1, 0.15) is 11.1 Å². The molecule has 0 fully saturated rings. The number of carbonyl (C=O) groups excluding carboxylic acids is 1. The molecule has 7 rings (SSSR count). The Morgan fingerprint density at radius 2 is 1.67 bits per heavy atom. The molecule has 8 nitrogen and oxygen atoms in total. The van der Waals surface area contributed by atoms with Gasteiger partial charge in [0.2, 0.25) is 4.96 Å². The van der Waals surface area contributed by atoms with E-state index in [0.29, 0.717) is 38.9 Å². The Bertz CT molecular complexity index is 1760. The fourth-order valence-electron chi connectivity index (χ4n) is 4.61. The van der Waals surface area contributed by atoms with E-state index in [0.717, 1.165) is 28.2 Å². The van der Waals surface area contributed by atoms with E-state index in [9.17, 15) is 9.59 Å². The number of thiazole rings is 1. The molecular formula is C27H18N4O4S. The topological polar surface area (TPSA) is 86.0 Å². The maximum Gasteiger partial charge on any atom is 0.291 e. The zero-order valence-corrected chi connectivity index (χ0v) is 19.6. The highest BCUT2D eigenvalue weighted by molar-refractivity contribution is 7.15. The first-order valence-corrected chi connectivity index (χ1v) is 12.3. The van der Waals surface area contributed by atoms with Crippen LogP contribution in [0.4, 0.5) is 5.69 Å². The number of aromatic nitrogens is 3. The van der Waals surface area contributed by atoms with Gasteiger partial charge < -0.3 is 14.4 Å². The lowest BCUT2D eigenvalue weighted by atomic mass is 10.1. The number of amides is 1. The monoisotopic (exact) mass is 494 g/mol. The van der Waals surface area contributed by atoms with Crippen LogP contribution in [0, 0.1) is 0 Å². The van der Waals surface area contributed by atoms with Gasteiger partial charge in [0.25, 0.3) is 11.5 Å². The van der Waals surface area contributed by atoms with Crippen molar-refractivity contribution in [1.29, 1.82) is 0 Å². The molecule has 5 aromatic rings. The Morgan fingerprint density at radius 3 is 2.50 bits per heavy atom. The fraction of sp³-hybridized carbons (Fsp3) is 0.111. The van der Waals surface area contributed by atoms with Crippen molar-refractivity contribution in [2.24, 2.45) is 0 Å². The third kappa shape index (κ3) is 3.20. The van der Waals surface area contributed by atoms with Gasteiger partial charge in [-0.1, -0.05) is 72.0 Å². The van der Waals surface area contributed by atoms with E-state index in [4.69, 9.17) is 9.47 Å². The Hall–Kier alpha value is -4.50. The van der Waals surface area contributed by atoms with Crippen molar-refractivity contribution >= 4 is 33.5 Å². The number of benzene rings is 3. The van der Waals surface area contributed by atoms with E-state index in [1.54, 1.807) is 4.90 Å². The number of carbonyl (C=O) groups is 1. The van der Waals surface area contributed by atoms with Crippen LogP contribution < -0.4 is 24.5 Å². The van der Waals surface area contributed by atoms with Crippen LogP contribution in [-0.4, -0.2) is 27.1 Å². The molecular weight excluding hydrogens is 476 g/mol. The number of anilines is 1. The highest BCUT2D eigenvalue weighted by atomic mass is 32.1. The minimum atomic E-state index is -0.530. The Morgan fingerprint density at radius 1 is 0.917 bits per heavy atom. The zero-order valence-electron chi connectivity index (χ0n) is 18.8. The predicted octanol–water partition coefficient (Wildman–Crippen LogP) is 3.13. The summed E-state index contributed by atoms with van der Waals surface area (Å²) in [5, 5.41) is 4.43. The number of hydrogen-bond acceptors (Lipinski definition) is 7. The molecule has 2 aromatic heterocycles. The lowest BCUT2D eigenvalue weighted by Crippen LogP contribution is -2.32. The van der Waals surface area contributed by atoms with Crippen LogP contribution in [0.25, 0.3) is 10.5 Å². The summed E-state index contributed by atoms with van der Waals surface area (Å²) < 4.78 is 13.3. The predicted molar refractivity (Wildman–Crippen MR) is 134 cm³/mol. The molecule has 36 heavy (non-hydrogen) atoms. The van der Waals surface area contributed by atoms with Gasteiger partial charge >= 0.3 is 0 Å². The molecule has 0 spiro atoms. The second kappa shape index (κ2) is 8.03. The van der Waals surface area contributed by atoms with E-state index in [1.165, 1.54) is 4.52 Å². The van der Waals surface area contributed by atoms with Crippen molar-refractivity contribution < 1.29 is 14.3 Å². The van der Waals surface area contributed by atoms with Crippen LogP contribution in [0.3, 0.4) is 0 Å². The van der Waals surface area contributed by atoms with Crippen LogP contribution in [-0.2, 0) is 11.3 Å². The summed E-state index contributed by atoms with van der Waals surface area (Å²) in [4.78, 5) is 33.7. The molecule has 3 aromatic carbocycles. The van der Waals surface area contributed by atoms with Crippen molar-refractivity contribution in [3.8, 4) is 11.5 Å². The van der Waals surface area contributed by atoms with Gasteiger partial charge in [-0.15, -0.1) is 5.10 Å². The van der Waals surface area contributed by atoms with Gasteiger partial charge in [0, 0.05) is 5.56 Å². The molecule has 0 saturated carbocycles. The molecule has 0 bridgehead atoms. The zero-order chi connectivity index (χ0) is 24.2. The molecule has 1 unspecified atom stereocenters. The maximum atomic E-state index is 13.6. The van der Waals surface area contributed by atoms with Crippen LogP contribution in [0.2, 0.25) is 0 Å². The number of ether oxygens (including phenoxy) is 2. The van der Waals surface area contributed by atoms with Crippen LogP contribution in [0.1, 0.15) is 23.1 Å². The molecule has 0 radical (unpaired) electrons. The SMILES string of the molecule is O=C1/C(=c2\sc3nc(C4COc5ccccc5O4)nn3c2=O)c2ccccc2N1Cc1ccccc1. The standard InChI is InChI=1S/C27H18N4O4S/c32-25-22(17-10-4-5-11-18(17)30(25)14-16-8-2-1-3-9-16)23-26(33)31-27(36-23)28-24(29-31)21-15-34-19-12-6-7-13-20(19)35-21/h1-13,21H,14-15H2/b23-22-. The molecule has 1 amide bonds. The van der Waals surface area contributed by atoms with Gasteiger partial charge in [0.15, 0.2) is 23.4 Å². The molecule has 2 aliphatic rings. The van der Waals surface area contributed by atoms with Crippen molar-refractivity contribution in [1.82, 2.24) is 14.6 Å². The number of nitrogens with zero attached hydrogens (tertiary/aromatic N) is 4. The van der Waals surface area contributed by atoms with Gasteiger partial charge in [-0.3, -0.25) is 9.59 Å². The van der Waals surface area contributed by atoms with Gasteiger partial charge in [-0.05, 0) is 23.8 Å². The summed E-state index contributed by atoms with van der Waals surface area (Å²) in [6.07, 6.45) is -0.530. The average molecular weight is 495 g/mol. The van der Waals surface area contributed by atoms with E-state index in [-0.39, 0.29) is 18.1 Å². The number of rotatable bonds is 3. The minimum Gasteiger partial charge on any atom is -0.485 e. The summed E-state index contributed by atoms with van der Waals surface area (Å²) in [6, 6.07) is 24.7. The number of para-hydroxylation sites is 3. The lowest BCUT2D eigenvalue weighted by molar-refractivity contribution is -0.113. The highest BCUT2D eigenvalue weighted by Gasteiger charge is 2.35. The first-order chi connectivity index (χ1) is 17.7. The van der Waals surface area contributed by atoms with Crippen LogP contribution >= 0.6 is 11.3 Å². The second-order valence-corrected chi connectivity index (χ2v) is 9.51. The van der Waals surface area contributed by atoms with Gasteiger partial charge in [-0.2, -0.15) is 9.50 Å². The first kappa shape index (κ1) is 20.8. The maximum absolute atomic E-state index is 13.6. The van der Waals surface area contributed by atoms with Crippen LogP contribution in [0.5, 0.6) is 11.5 Å².